The lowest BCUT2D eigenvalue weighted by molar-refractivity contribution is -0.146. The van der Waals surface area contributed by atoms with Gasteiger partial charge in [-0.3, -0.25) is 4.79 Å². The predicted octanol–water partition coefficient (Wildman–Crippen LogP) is 3.51. The Kier molecular flexibility index (Phi) is 2.54. The Morgan fingerprint density at radius 3 is 2.95 bits per heavy atom. The van der Waals surface area contributed by atoms with Crippen LogP contribution in [0.1, 0.15) is 43.5 Å². The van der Waals surface area contributed by atoms with Gasteiger partial charge in [-0.15, -0.1) is 0 Å². The summed E-state index contributed by atoms with van der Waals surface area (Å²) in [5, 5.41) is 1.33. The third kappa shape index (κ3) is 1.57. The molecule has 1 aromatic heterocycles. The summed E-state index contributed by atoms with van der Waals surface area (Å²) < 4.78 is 0. The maximum absolute atomic E-state index is 12.4. The highest BCUT2D eigenvalue weighted by Gasteiger charge is 2.49. The molecule has 0 saturated carbocycles. The van der Waals surface area contributed by atoms with Crippen molar-refractivity contribution in [3.63, 3.8) is 0 Å². The topological polar surface area (TPSA) is 36.1 Å². The number of amides is 1. The monoisotopic (exact) mass is 282 g/mol. The second kappa shape index (κ2) is 4.12. The molecule has 0 spiro atoms. The van der Waals surface area contributed by atoms with Gasteiger partial charge in [0, 0.05) is 29.6 Å². The van der Waals surface area contributed by atoms with Crippen molar-refractivity contribution in [2.75, 3.05) is 6.54 Å². The number of aromatic amines is 1. The summed E-state index contributed by atoms with van der Waals surface area (Å²) in [4.78, 5) is 18.1. The molecule has 3 nitrogen and oxygen atoms in total. The first-order valence-electron chi connectivity index (χ1n) is 7.94. The van der Waals surface area contributed by atoms with E-state index in [9.17, 15) is 4.79 Å². The largest absolute Gasteiger partial charge is 0.356 e. The molecule has 2 atom stereocenters. The van der Waals surface area contributed by atoms with Gasteiger partial charge in [-0.2, -0.15) is 0 Å². The van der Waals surface area contributed by atoms with E-state index in [4.69, 9.17) is 0 Å². The molecule has 4 rings (SSSR count). The Labute approximate surface area is 125 Å². The Morgan fingerprint density at radius 2 is 2.14 bits per heavy atom. The zero-order valence-corrected chi connectivity index (χ0v) is 13.0. The third-order valence-electron chi connectivity index (χ3n) is 5.77. The van der Waals surface area contributed by atoms with Gasteiger partial charge >= 0.3 is 0 Å². The number of aromatic nitrogens is 1. The molecule has 1 N–H and O–H groups in total. The second-order valence-electron chi connectivity index (χ2n) is 6.91. The van der Waals surface area contributed by atoms with Crippen LogP contribution in [-0.4, -0.2) is 22.3 Å². The van der Waals surface area contributed by atoms with E-state index in [1.807, 2.05) is 0 Å². The number of nitrogens with one attached hydrogen (secondary N) is 1. The fourth-order valence-corrected chi connectivity index (χ4v) is 4.30. The molecule has 3 heterocycles. The minimum Gasteiger partial charge on any atom is -0.356 e. The van der Waals surface area contributed by atoms with Gasteiger partial charge in [0.15, 0.2) is 0 Å². The maximum Gasteiger partial charge on any atom is 0.223 e. The SMILES string of the molecule is Cc1ccc2c3c([nH]c2c1)[C@@]1(C)[C@H](C)CCC(=O)N1CC3. The predicted molar refractivity (Wildman–Crippen MR) is 84.2 cm³/mol. The lowest BCUT2D eigenvalue weighted by Gasteiger charge is -2.51. The van der Waals surface area contributed by atoms with Crippen LogP contribution in [0.4, 0.5) is 0 Å². The Bertz CT molecular complexity index is 745. The van der Waals surface area contributed by atoms with E-state index in [1.165, 1.54) is 27.7 Å². The van der Waals surface area contributed by atoms with E-state index >= 15 is 0 Å². The maximum atomic E-state index is 12.4. The summed E-state index contributed by atoms with van der Waals surface area (Å²) in [5.41, 5.74) is 5.01. The Hall–Kier alpha value is -1.77. The summed E-state index contributed by atoms with van der Waals surface area (Å²) in [7, 11) is 0. The Morgan fingerprint density at radius 1 is 1.33 bits per heavy atom. The molecule has 0 unspecified atom stereocenters. The van der Waals surface area contributed by atoms with Crippen molar-refractivity contribution >= 4 is 16.8 Å². The molecule has 0 bridgehead atoms. The number of hydrogen-bond donors (Lipinski definition) is 1. The standard InChI is InChI=1S/C18H22N2O/c1-11-4-6-13-14-8-9-20-16(21)7-5-12(2)18(20,3)17(14)19-15(13)10-11/h4,6,10,12,19H,5,7-9H2,1-3H3/t12-,18-/m1/s1. The molecule has 1 saturated heterocycles. The third-order valence-corrected chi connectivity index (χ3v) is 5.77. The number of benzene rings is 1. The number of carbonyl (C=O) groups is 1. The van der Waals surface area contributed by atoms with Gasteiger partial charge in [-0.05, 0) is 49.8 Å². The van der Waals surface area contributed by atoms with E-state index in [1.54, 1.807) is 0 Å². The van der Waals surface area contributed by atoms with Crippen molar-refractivity contribution in [2.24, 2.45) is 5.92 Å². The van der Waals surface area contributed by atoms with E-state index in [0.29, 0.717) is 18.2 Å². The quantitative estimate of drug-likeness (QED) is 0.788. The van der Waals surface area contributed by atoms with Crippen LogP contribution in [-0.2, 0) is 16.8 Å². The number of nitrogens with zero attached hydrogens (tertiary/aromatic N) is 1. The fourth-order valence-electron chi connectivity index (χ4n) is 4.30. The van der Waals surface area contributed by atoms with Crippen molar-refractivity contribution in [2.45, 2.75) is 45.6 Å². The Balaban J connectivity index is 1.98. The number of fused-ring (bicyclic) bond motifs is 5. The van der Waals surface area contributed by atoms with Crippen LogP contribution in [0.25, 0.3) is 10.9 Å². The summed E-state index contributed by atoms with van der Waals surface area (Å²) in [6.07, 6.45) is 2.65. The van der Waals surface area contributed by atoms with Crippen LogP contribution in [0.15, 0.2) is 18.2 Å². The average molecular weight is 282 g/mol. The van der Waals surface area contributed by atoms with Gasteiger partial charge in [0.1, 0.15) is 0 Å². The summed E-state index contributed by atoms with van der Waals surface area (Å²) >= 11 is 0. The molecule has 1 amide bonds. The van der Waals surface area contributed by atoms with Crippen LogP contribution < -0.4 is 0 Å². The zero-order valence-electron chi connectivity index (χ0n) is 13.0. The van der Waals surface area contributed by atoms with E-state index in [0.717, 1.165) is 19.4 Å². The molecule has 1 fully saturated rings. The first kappa shape index (κ1) is 12.9. The number of aryl methyl sites for hydroxylation is 1. The van der Waals surface area contributed by atoms with Crippen molar-refractivity contribution < 1.29 is 4.79 Å². The molecule has 21 heavy (non-hydrogen) atoms. The van der Waals surface area contributed by atoms with Crippen molar-refractivity contribution in [3.05, 3.63) is 35.0 Å². The second-order valence-corrected chi connectivity index (χ2v) is 6.91. The molecular weight excluding hydrogens is 260 g/mol. The van der Waals surface area contributed by atoms with Crippen LogP contribution in [0.5, 0.6) is 0 Å². The number of hydrogen-bond acceptors (Lipinski definition) is 1. The molecule has 1 aromatic carbocycles. The first-order valence-corrected chi connectivity index (χ1v) is 7.94. The van der Waals surface area contributed by atoms with E-state index in [2.05, 4.69) is 48.9 Å². The van der Waals surface area contributed by atoms with Crippen LogP contribution in [0, 0.1) is 12.8 Å². The first-order chi connectivity index (χ1) is 10.0. The summed E-state index contributed by atoms with van der Waals surface area (Å²) in [5.74, 6) is 0.805. The minimum absolute atomic E-state index is 0.171. The highest BCUT2D eigenvalue weighted by Crippen LogP contribution is 2.47. The highest BCUT2D eigenvalue weighted by molar-refractivity contribution is 5.87. The number of carbonyl (C=O) groups excluding carboxylic acids is 1. The van der Waals surface area contributed by atoms with Gasteiger partial charge in [-0.1, -0.05) is 19.1 Å². The van der Waals surface area contributed by atoms with E-state index in [-0.39, 0.29) is 5.54 Å². The van der Waals surface area contributed by atoms with Gasteiger partial charge in [0.25, 0.3) is 0 Å². The van der Waals surface area contributed by atoms with Crippen LogP contribution in [0.2, 0.25) is 0 Å². The highest BCUT2D eigenvalue weighted by atomic mass is 16.2. The molecule has 2 aliphatic heterocycles. The summed E-state index contributed by atoms with van der Waals surface area (Å²) in [6.45, 7) is 7.51. The molecule has 2 aliphatic rings. The molecule has 2 aromatic rings. The zero-order chi connectivity index (χ0) is 14.8. The van der Waals surface area contributed by atoms with Crippen LogP contribution in [0.3, 0.4) is 0 Å². The smallest absolute Gasteiger partial charge is 0.223 e. The van der Waals surface area contributed by atoms with Crippen LogP contribution >= 0.6 is 0 Å². The van der Waals surface area contributed by atoms with E-state index < -0.39 is 0 Å². The van der Waals surface area contributed by atoms with Crippen molar-refractivity contribution in [3.8, 4) is 0 Å². The van der Waals surface area contributed by atoms with Gasteiger partial charge < -0.3 is 9.88 Å². The average Bonchev–Trinajstić information content (AvgIpc) is 2.82. The van der Waals surface area contributed by atoms with Crippen molar-refractivity contribution in [1.29, 1.82) is 0 Å². The number of piperidine rings is 1. The molecular formula is C18H22N2O. The lowest BCUT2D eigenvalue weighted by Crippen LogP contribution is -2.57. The minimum atomic E-state index is -0.171. The molecule has 110 valence electrons. The van der Waals surface area contributed by atoms with Gasteiger partial charge in [0.2, 0.25) is 5.91 Å². The van der Waals surface area contributed by atoms with Gasteiger partial charge in [-0.25, -0.2) is 0 Å². The molecule has 0 aliphatic carbocycles. The molecule has 0 radical (unpaired) electrons. The van der Waals surface area contributed by atoms with Gasteiger partial charge in [0.05, 0.1) is 5.54 Å². The summed E-state index contributed by atoms with van der Waals surface area (Å²) in [6, 6.07) is 6.63. The van der Waals surface area contributed by atoms with Crippen molar-refractivity contribution in [1.82, 2.24) is 9.88 Å². The fraction of sp³-hybridized carbons (Fsp3) is 0.500. The number of H-pyrrole nitrogens is 1. The normalized spacial score (nSPS) is 28.6. The number of rotatable bonds is 0. The lowest BCUT2D eigenvalue weighted by atomic mass is 9.72. The molecule has 3 heteroatoms.